The molecule has 6 N–H and O–H groups in total. The van der Waals surface area contributed by atoms with Gasteiger partial charge >= 0.3 is 7.60 Å². The molecule has 0 bridgehead atoms. The second-order valence-electron chi connectivity index (χ2n) is 5.37. The van der Waals surface area contributed by atoms with E-state index in [0.717, 1.165) is 0 Å². The second kappa shape index (κ2) is 5.78. The molecule has 0 amide bonds. The van der Waals surface area contributed by atoms with Crippen LogP contribution >= 0.6 is 7.60 Å². The highest BCUT2D eigenvalue weighted by molar-refractivity contribution is 7.51. The van der Waals surface area contributed by atoms with E-state index in [0.29, 0.717) is 11.2 Å². The number of imidazole rings is 1. The number of nitrogens with two attached hydrogens (primary N) is 1. The number of hydrogen-bond acceptors (Lipinski definition) is 8. The van der Waals surface area contributed by atoms with Crippen LogP contribution in [0.5, 0.6) is 0 Å². The van der Waals surface area contributed by atoms with Crippen LogP contribution in [0.2, 0.25) is 0 Å². The lowest BCUT2D eigenvalue weighted by Crippen LogP contribution is -2.32. The van der Waals surface area contributed by atoms with Gasteiger partial charge in [0.05, 0.1) is 18.5 Å². The van der Waals surface area contributed by atoms with Crippen LogP contribution in [0.4, 0.5) is 5.82 Å². The quantitative estimate of drug-likeness (QED) is 0.414. The summed E-state index contributed by atoms with van der Waals surface area (Å²) in [6.07, 6.45) is -1.42. The highest BCUT2D eigenvalue weighted by atomic mass is 31.2. The summed E-state index contributed by atoms with van der Waals surface area (Å²) in [5.74, 6) is 0.191. The molecule has 0 radical (unpaired) electrons. The third-order valence-corrected chi connectivity index (χ3v) is 4.29. The van der Waals surface area contributed by atoms with Gasteiger partial charge in [-0.1, -0.05) is 0 Å². The summed E-state index contributed by atoms with van der Waals surface area (Å²) in [7, 11) is -4.36. The number of ether oxygens (including phenoxy) is 1. The van der Waals surface area contributed by atoms with Crippen LogP contribution in [0.1, 0.15) is 12.5 Å². The number of fused-ring (bicyclic) bond motifs is 1. The van der Waals surface area contributed by atoms with Gasteiger partial charge in [-0.25, -0.2) is 15.0 Å². The van der Waals surface area contributed by atoms with Crippen LogP contribution < -0.4 is 5.73 Å². The van der Waals surface area contributed by atoms with E-state index in [1.807, 2.05) is 0 Å². The van der Waals surface area contributed by atoms with Gasteiger partial charge in [-0.15, -0.1) is 0 Å². The first-order valence-corrected chi connectivity index (χ1v) is 8.53. The molecule has 1 aliphatic rings. The Morgan fingerprint density at radius 1 is 1.30 bits per heavy atom. The molecule has 126 valence electrons. The predicted octanol–water partition coefficient (Wildman–Crippen LogP) is -1.40. The first-order chi connectivity index (χ1) is 10.8. The fraction of sp³-hybridized carbons (Fsp3) is 0.545. The summed E-state index contributed by atoms with van der Waals surface area (Å²) >= 11 is 0. The molecule has 0 aliphatic heterocycles. The third kappa shape index (κ3) is 3.07. The summed E-state index contributed by atoms with van der Waals surface area (Å²) in [5, 5.41) is 20.2. The summed E-state index contributed by atoms with van der Waals surface area (Å²) in [4.78, 5) is 29.7. The number of nitrogen functional groups attached to an aromatic ring is 1. The van der Waals surface area contributed by atoms with Crippen LogP contribution in [0.25, 0.3) is 11.2 Å². The van der Waals surface area contributed by atoms with Crippen molar-refractivity contribution in [3.8, 4) is 0 Å². The Balaban J connectivity index is 1.85. The number of nitrogens with zero attached hydrogens (tertiary/aromatic N) is 4. The predicted molar refractivity (Wildman–Crippen MR) is 77.2 cm³/mol. The van der Waals surface area contributed by atoms with E-state index in [9.17, 15) is 14.8 Å². The molecule has 11 nitrogen and oxygen atoms in total. The maximum absolute atomic E-state index is 10.9. The molecule has 0 spiro atoms. The molecule has 2 aromatic rings. The minimum atomic E-state index is -4.36. The number of hydrogen-bond donors (Lipinski definition) is 5. The van der Waals surface area contributed by atoms with Crippen molar-refractivity contribution in [1.29, 1.82) is 0 Å². The van der Waals surface area contributed by atoms with Crippen LogP contribution in [-0.2, 0) is 9.30 Å². The van der Waals surface area contributed by atoms with E-state index in [4.69, 9.17) is 20.3 Å². The van der Waals surface area contributed by atoms with Crippen molar-refractivity contribution in [2.75, 3.05) is 12.1 Å². The average Bonchev–Trinajstić information content (AvgIpc) is 3.01. The molecule has 0 aromatic carbocycles. The van der Waals surface area contributed by atoms with Gasteiger partial charge < -0.3 is 35.0 Å². The molecule has 1 fully saturated rings. The molecule has 3 rings (SSSR count). The van der Waals surface area contributed by atoms with Crippen molar-refractivity contribution in [2.45, 2.75) is 30.8 Å². The lowest BCUT2D eigenvalue weighted by molar-refractivity contribution is -0.0478. The van der Waals surface area contributed by atoms with Crippen molar-refractivity contribution >= 4 is 24.6 Å². The first-order valence-electron chi connectivity index (χ1n) is 6.73. The standard InChI is InChI=1S/C11H16N5O6P/c12-10-7-11(14-2-13-10)16(3-15-7)5-1-6(9(18)8(5)17)22-4-23(19,20)21/h2-3,5-6,8-9,17-18H,1,4H2,(H2,12,13,14)(H2,19,20,21)/t5-,6+,8+,9-/m1/s1. The minimum Gasteiger partial charge on any atom is -0.388 e. The molecule has 0 saturated heterocycles. The molecular formula is C11H16N5O6P. The fourth-order valence-electron chi connectivity index (χ4n) is 2.71. The molecular weight excluding hydrogens is 329 g/mol. The zero-order valence-corrected chi connectivity index (χ0v) is 12.7. The number of rotatable bonds is 4. The SMILES string of the molecule is Nc1ncnc2c1ncn2[C@@H]1C[C@H](OCP(=O)(O)O)[C@@H](O)[C@H]1O. The van der Waals surface area contributed by atoms with E-state index in [1.54, 1.807) is 4.57 Å². The lowest BCUT2D eigenvalue weighted by Gasteiger charge is -2.18. The Morgan fingerprint density at radius 3 is 2.74 bits per heavy atom. The molecule has 4 atom stereocenters. The number of aromatic nitrogens is 4. The second-order valence-corrected chi connectivity index (χ2v) is 6.95. The normalized spacial score (nSPS) is 28.5. The van der Waals surface area contributed by atoms with Gasteiger partial charge in [0, 0.05) is 0 Å². The van der Waals surface area contributed by atoms with Crippen LogP contribution in [0.3, 0.4) is 0 Å². The molecule has 23 heavy (non-hydrogen) atoms. The van der Waals surface area contributed by atoms with Crippen LogP contribution in [0, 0.1) is 0 Å². The van der Waals surface area contributed by atoms with Gasteiger partial charge in [-0.3, -0.25) is 4.57 Å². The van der Waals surface area contributed by atoms with Gasteiger partial charge in [0.15, 0.2) is 11.5 Å². The van der Waals surface area contributed by atoms with Crippen LogP contribution in [-0.4, -0.2) is 64.2 Å². The minimum absolute atomic E-state index is 0.137. The topological polar surface area (TPSA) is 177 Å². The zero-order chi connectivity index (χ0) is 16.8. The number of aliphatic hydroxyl groups excluding tert-OH is 2. The molecule has 1 aliphatic carbocycles. The van der Waals surface area contributed by atoms with Gasteiger partial charge in [0.1, 0.15) is 30.4 Å². The number of anilines is 1. The van der Waals surface area contributed by atoms with Crippen LogP contribution in [0.15, 0.2) is 12.7 Å². The summed E-state index contributed by atoms with van der Waals surface area (Å²) in [6.45, 7) is 0. The Labute approximate surface area is 129 Å². The Hall–Kier alpha value is -1.62. The van der Waals surface area contributed by atoms with Gasteiger partial charge in [-0.05, 0) is 6.42 Å². The summed E-state index contributed by atoms with van der Waals surface area (Å²) in [6, 6.07) is -0.619. The van der Waals surface area contributed by atoms with E-state index >= 15 is 0 Å². The largest absolute Gasteiger partial charge is 0.388 e. The van der Waals surface area contributed by atoms with Crippen molar-refractivity contribution in [3.05, 3.63) is 12.7 Å². The van der Waals surface area contributed by atoms with E-state index < -0.39 is 38.3 Å². The van der Waals surface area contributed by atoms with Crippen molar-refractivity contribution < 1.29 is 29.3 Å². The molecule has 1 saturated carbocycles. The molecule has 0 unspecified atom stereocenters. The molecule has 2 heterocycles. The van der Waals surface area contributed by atoms with E-state index in [1.165, 1.54) is 12.7 Å². The summed E-state index contributed by atoms with van der Waals surface area (Å²) < 4.78 is 17.5. The van der Waals surface area contributed by atoms with Crippen molar-refractivity contribution in [1.82, 2.24) is 19.5 Å². The van der Waals surface area contributed by atoms with E-state index in [2.05, 4.69) is 15.0 Å². The maximum Gasteiger partial charge on any atom is 0.350 e. The lowest BCUT2D eigenvalue weighted by atomic mass is 10.2. The van der Waals surface area contributed by atoms with Crippen molar-refractivity contribution in [3.63, 3.8) is 0 Å². The van der Waals surface area contributed by atoms with Crippen molar-refractivity contribution in [2.24, 2.45) is 0 Å². The average molecular weight is 345 g/mol. The van der Waals surface area contributed by atoms with Gasteiger partial charge in [-0.2, -0.15) is 0 Å². The third-order valence-electron chi connectivity index (χ3n) is 3.80. The van der Waals surface area contributed by atoms with Gasteiger partial charge in [0.2, 0.25) is 0 Å². The summed E-state index contributed by atoms with van der Waals surface area (Å²) in [5.41, 5.74) is 6.47. The zero-order valence-electron chi connectivity index (χ0n) is 11.8. The molecule has 12 heteroatoms. The Bertz CT molecular complexity index is 762. The number of aliphatic hydroxyl groups is 2. The Kier molecular flexibility index (Phi) is 4.08. The van der Waals surface area contributed by atoms with Gasteiger partial charge in [0.25, 0.3) is 0 Å². The highest BCUT2D eigenvalue weighted by Crippen LogP contribution is 2.39. The maximum atomic E-state index is 10.9. The van der Waals surface area contributed by atoms with E-state index in [-0.39, 0.29) is 12.2 Å². The first kappa shape index (κ1) is 16.2. The Morgan fingerprint density at radius 2 is 2.04 bits per heavy atom. The smallest absolute Gasteiger partial charge is 0.350 e. The molecule has 2 aromatic heterocycles. The monoisotopic (exact) mass is 345 g/mol. The fourth-order valence-corrected chi connectivity index (χ4v) is 3.10. The highest BCUT2D eigenvalue weighted by Gasteiger charge is 2.44.